The summed E-state index contributed by atoms with van der Waals surface area (Å²) in [5.74, 6) is -1.20. The van der Waals surface area contributed by atoms with E-state index >= 15 is 0 Å². The molecule has 88 valence electrons. The lowest BCUT2D eigenvalue weighted by Gasteiger charge is -2.12. The zero-order valence-electron chi connectivity index (χ0n) is 7.88. The maximum atomic E-state index is 12.6. The molecule has 0 atom stereocenters. The molecule has 0 saturated carbocycles. The molecular formula is C9H7ClF2INO2. The maximum absolute atomic E-state index is 12.6. The Labute approximate surface area is 109 Å². The van der Waals surface area contributed by atoms with Crippen molar-refractivity contribution < 1.29 is 18.7 Å². The Kier molecular flexibility index (Phi) is 4.85. The third-order valence-electron chi connectivity index (χ3n) is 1.98. The van der Waals surface area contributed by atoms with E-state index in [-0.39, 0.29) is 17.0 Å². The van der Waals surface area contributed by atoms with Crippen molar-refractivity contribution in [3.63, 3.8) is 0 Å². The maximum Gasteiger partial charge on any atom is 0.307 e. The molecule has 0 aliphatic rings. The van der Waals surface area contributed by atoms with E-state index in [4.69, 9.17) is 16.7 Å². The van der Waals surface area contributed by atoms with Crippen LogP contribution in [0, 0.1) is 3.70 Å². The van der Waals surface area contributed by atoms with Crippen molar-refractivity contribution >= 4 is 40.2 Å². The molecular weight excluding hydrogens is 354 g/mol. The van der Waals surface area contributed by atoms with Crippen LogP contribution >= 0.6 is 34.2 Å². The number of carbonyl (C=O) groups is 1. The molecule has 1 N–H and O–H groups in total. The summed E-state index contributed by atoms with van der Waals surface area (Å²) in [5, 5.41) is 8.67. The van der Waals surface area contributed by atoms with E-state index < -0.39 is 18.8 Å². The fraction of sp³-hybridized carbons (Fsp3) is 0.333. The van der Waals surface area contributed by atoms with Crippen LogP contribution in [0.4, 0.5) is 8.78 Å². The molecule has 1 rings (SSSR count). The van der Waals surface area contributed by atoms with Gasteiger partial charge >= 0.3 is 5.97 Å². The van der Waals surface area contributed by atoms with Gasteiger partial charge in [0, 0.05) is 17.3 Å². The van der Waals surface area contributed by atoms with Gasteiger partial charge in [-0.3, -0.25) is 4.79 Å². The van der Waals surface area contributed by atoms with E-state index in [2.05, 4.69) is 4.98 Å². The molecule has 0 aliphatic heterocycles. The molecule has 0 amide bonds. The smallest absolute Gasteiger partial charge is 0.307 e. The Bertz CT molecular complexity index is 415. The molecule has 0 radical (unpaired) electrons. The fourth-order valence-corrected chi connectivity index (χ4v) is 2.43. The van der Waals surface area contributed by atoms with E-state index in [9.17, 15) is 13.6 Å². The van der Waals surface area contributed by atoms with E-state index in [0.29, 0.717) is 9.26 Å². The molecule has 0 bridgehead atoms. The molecule has 0 spiro atoms. The van der Waals surface area contributed by atoms with Crippen molar-refractivity contribution in [1.82, 2.24) is 4.98 Å². The minimum Gasteiger partial charge on any atom is -0.481 e. The van der Waals surface area contributed by atoms with Crippen LogP contribution in [0.25, 0.3) is 0 Å². The molecule has 0 aliphatic carbocycles. The highest BCUT2D eigenvalue weighted by Crippen LogP contribution is 2.28. The quantitative estimate of drug-likeness (QED) is 0.510. The fourth-order valence-electron chi connectivity index (χ4n) is 1.26. The van der Waals surface area contributed by atoms with Crippen molar-refractivity contribution in [3.05, 3.63) is 26.6 Å². The number of hydrogen-bond acceptors (Lipinski definition) is 2. The van der Waals surface area contributed by atoms with Gasteiger partial charge < -0.3 is 5.11 Å². The highest BCUT2D eigenvalue weighted by molar-refractivity contribution is 14.1. The van der Waals surface area contributed by atoms with Crippen molar-refractivity contribution in [2.45, 2.75) is 18.7 Å². The summed E-state index contributed by atoms with van der Waals surface area (Å²) in [7, 11) is 0. The van der Waals surface area contributed by atoms with E-state index in [0.717, 1.165) is 6.20 Å². The van der Waals surface area contributed by atoms with Gasteiger partial charge in [0.25, 0.3) is 6.43 Å². The Morgan fingerprint density at radius 3 is 2.62 bits per heavy atom. The second kappa shape index (κ2) is 5.72. The second-order valence-corrected chi connectivity index (χ2v) is 4.26. The summed E-state index contributed by atoms with van der Waals surface area (Å²) in [6, 6.07) is 0. The number of aromatic nitrogens is 1. The zero-order valence-corrected chi connectivity index (χ0v) is 10.8. The largest absolute Gasteiger partial charge is 0.481 e. The average molecular weight is 362 g/mol. The van der Waals surface area contributed by atoms with Gasteiger partial charge in [0.05, 0.1) is 12.3 Å². The van der Waals surface area contributed by atoms with Crippen molar-refractivity contribution in [2.24, 2.45) is 0 Å². The minimum absolute atomic E-state index is 0.0333. The lowest BCUT2D eigenvalue weighted by atomic mass is 10.0. The monoisotopic (exact) mass is 361 g/mol. The number of pyridine rings is 1. The van der Waals surface area contributed by atoms with Crippen LogP contribution < -0.4 is 0 Å². The Balaban J connectivity index is 3.34. The molecule has 7 heteroatoms. The number of rotatable bonds is 4. The van der Waals surface area contributed by atoms with Gasteiger partial charge in [-0.15, -0.1) is 11.6 Å². The highest BCUT2D eigenvalue weighted by Gasteiger charge is 2.20. The second-order valence-electron chi connectivity index (χ2n) is 2.97. The van der Waals surface area contributed by atoms with Crippen LogP contribution in [0.5, 0.6) is 0 Å². The first-order valence-electron chi connectivity index (χ1n) is 4.19. The Morgan fingerprint density at radius 1 is 1.56 bits per heavy atom. The van der Waals surface area contributed by atoms with Gasteiger partial charge in [-0.1, -0.05) is 0 Å². The SMILES string of the molecule is O=C(O)Cc1c(C(F)F)cnc(I)c1CCl. The first-order chi connectivity index (χ1) is 7.47. The number of halogens is 4. The number of nitrogens with zero attached hydrogens (tertiary/aromatic N) is 1. The third kappa shape index (κ3) is 3.00. The van der Waals surface area contributed by atoms with Crippen molar-refractivity contribution in [3.8, 4) is 0 Å². The molecule has 16 heavy (non-hydrogen) atoms. The number of hydrogen-bond donors (Lipinski definition) is 1. The normalized spacial score (nSPS) is 10.8. The van der Waals surface area contributed by atoms with Crippen molar-refractivity contribution in [2.75, 3.05) is 0 Å². The Hall–Kier alpha value is -0.500. The van der Waals surface area contributed by atoms with Gasteiger partial charge in [-0.25, -0.2) is 13.8 Å². The lowest BCUT2D eigenvalue weighted by molar-refractivity contribution is -0.136. The first-order valence-corrected chi connectivity index (χ1v) is 5.80. The van der Waals surface area contributed by atoms with Crippen LogP contribution in [0.15, 0.2) is 6.20 Å². The van der Waals surface area contributed by atoms with Gasteiger partial charge in [-0.05, 0) is 28.2 Å². The summed E-state index contributed by atoms with van der Waals surface area (Å²) in [5.41, 5.74) is 0.0674. The van der Waals surface area contributed by atoms with Gasteiger partial charge in [0.1, 0.15) is 3.70 Å². The number of carboxylic acid groups (broad SMARTS) is 1. The van der Waals surface area contributed by atoms with Gasteiger partial charge in [0.15, 0.2) is 0 Å². The number of alkyl halides is 3. The topological polar surface area (TPSA) is 50.2 Å². The summed E-state index contributed by atoms with van der Waals surface area (Å²) in [6.07, 6.45) is -2.22. The van der Waals surface area contributed by atoms with E-state index in [1.54, 1.807) is 0 Å². The molecule has 1 aromatic heterocycles. The van der Waals surface area contributed by atoms with Crippen molar-refractivity contribution in [1.29, 1.82) is 0 Å². The number of aliphatic carboxylic acids is 1. The molecule has 0 unspecified atom stereocenters. The molecule has 1 heterocycles. The minimum atomic E-state index is -2.75. The average Bonchev–Trinajstić information content (AvgIpc) is 2.16. The van der Waals surface area contributed by atoms with Crippen LogP contribution in [0.1, 0.15) is 23.1 Å². The third-order valence-corrected chi connectivity index (χ3v) is 3.17. The van der Waals surface area contributed by atoms with Crippen LogP contribution in [-0.4, -0.2) is 16.1 Å². The summed E-state index contributed by atoms with van der Waals surface area (Å²) in [4.78, 5) is 14.4. The summed E-state index contributed by atoms with van der Waals surface area (Å²) in [6.45, 7) is 0. The van der Waals surface area contributed by atoms with Gasteiger partial charge in [-0.2, -0.15) is 0 Å². The van der Waals surface area contributed by atoms with E-state index in [1.165, 1.54) is 0 Å². The van der Waals surface area contributed by atoms with Gasteiger partial charge in [0.2, 0.25) is 0 Å². The molecule has 0 fully saturated rings. The summed E-state index contributed by atoms with van der Waals surface area (Å²) < 4.78 is 25.7. The summed E-state index contributed by atoms with van der Waals surface area (Å²) >= 11 is 7.45. The molecule has 3 nitrogen and oxygen atoms in total. The molecule has 0 aromatic carbocycles. The van der Waals surface area contributed by atoms with Crippen LogP contribution in [-0.2, 0) is 17.1 Å². The first kappa shape index (κ1) is 13.6. The predicted octanol–water partition coefficient (Wildman–Crippen LogP) is 2.99. The predicted molar refractivity (Wildman–Crippen MR) is 62.8 cm³/mol. The lowest BCUT2D eigenvalue weighted by Crippen LogP contribution is -2.10. The molecule has 1 aromatic rings. The zero-order chi connectivity index (χ0) is 12.3. The van der Waals surface area contributed by atoms with Crippen LogP contribution in [0.2, 0.25) is 0 Å². The highest BCUT2D eigenvalue weighted by atomic mass is 127. The van der Waals surface area contributed by atoms with E-state index in [1.807, 2.05) is 22.6 Å². The number of carboxylic acids is 1. The Morgan fingerprint density at radius 2 is 2.19 bits per heavy atom. The molecule has 0 saturated heterocycles. The standard InChI is InChI=1S/C9H7ClF2INO2/c10-2-5-4(1-7(15)16)6(8(11)12)3-14-9(5)13/h3,8H,1-2H2,(H,15,16). The van der Waals surface area contributed by atoms with Crippen LogP contribution in [0.3, 0.4) is 0 Å².